The number of aliphatic imine (C=N–C) groups is 2. The molecule has 6 nitrogen and oxygen atoms in total. The van der Waals surface area contributed by atoms with E-state index in [0.717, 1.165) is 33.6 Å². The van der Waals surface area contributed by atoms with Crippen LogP contribution in [-0.2, 0) is 22.7 Å². The Bertz CT molecular complexity index is 1390. The predicted molar refractivity (Wildman–Crippen MR) is 168 cm³/mol. The molecular weight excluding hydrogens is 520 g/mol. The van der Waals surface area contributed by atoms with Gasteiger partial charge in [0.15, 0.2) is 0 Å². The van der Waals surface area contributed by atoms with E-state index < -0.39 is 0 Å². The highest BCUT2D eigenvalue weighted by Crippen LogP contribution is 2.20. The van der Waals surface area contributed by atoms with Crippen molar-refractivity contribution in [2.75, 3.05) is 13.2 Å². The summed E-state index contributed by atoms with van der Waals surface area (Å²) < 4.78 is 12.2. The Morgan fingerprint density at radius 3 is 1.29 bits per heavy atom. The lowest BCUT2D eigenvalue weighted by atomic mass is 10.1. The summed E-state index contributed by atoms with van der Waals surface area (Å²) in [5, 5.41) is 0. The van der Waals surface area contributed by atoms with Gasteiger partial charge in [0.25, 0.3) is 0 Å². The molecule has 5 rings (SSSR count). The molecule has 42 heavy (non-hydrogen) atoms. The summed E-state index contributed by atoms with van der Waals surface area (Å²) in [5.74, 6) is 0. The van der Waals surface area contributed by atoms with Gasteiger partial charge in [-0.25, -0.2) is 0 Å². The first-order valence-corrected chi connectivity index (χ1v) is 14.0. The number of aromatic nitrogens is 2. The molecule has 0 N–H and O–H groups in total. The van der Waals surface area contributed by atoms with Crippen LogP contribution in [0.15, 0.2) is 144 Å². The number of hydrogen-bond donors (Lipinski definition) is 0. The second kappa shape index (κ2) is 15.9. The van der Waals surface area contributed by atoms with Crippen molar-refractivity contribution in [3.05, 3.63) is 167 Å². The number of pyridine rings is 2. The maximum atomic E-state index is 6.10. The molecule has 0 aliphatic heterocycles. The number of nitrogens with zero attached hydrogens (tertiary/aromatic N) is 4. The van der Waals surface area contributed by atoms with E-state index in [1.54, 1.807) is 12.4 Å². The van der Waals surface area contributed by atoms with Crippen LogP contribution in [-0.4, -0.2) is 35.6 Å². The van der Waals surface area contributed by atoms with Crippen molar-refractivity contribution in [1.82, 2.24) is 9.97 Å². The molecular formula is C36H34N4O2. The fraction of sp³-hybridized carbons (Fsp3) is 0.167. The molecule has 3 aromatic carbocycles. The van der Waals surface area contributed by atoms with Crippen LogP contribution < -0.4 is 0 Å². The van der Waals surface area contributed by atoms with Gasteiger partial charge in [0.05, 0.1) is 49.9 Å². The van der Waals surface area contributed by atoms with Gasteiger partial charge in [0.1, 0.15) is 0 Å². The minimum absolute atomic E-state index is 0.112. The number of rotatable bonds is 14. The molecule has 0 amide bonds. The summed E-state index contributed by atoms with van der Waals surface area (Å²) >= 11 is 0. The molecule has 0 aliphatic rings. The third kappa shape index (κ3) is 9.13. The maximum absolute atomic E-state index is 6.10. The summed E-state index contributed by atoms with van der Waals surface area (Å²) in [5.41, 5.74) is 6.06. The molecule has 2 heterocycles. The van der Waals surface area contributed by atoms with Gasteiger partial charge in [-0.3, -0.25) is 20.0 Å². The summed E-state index contributed by atoms with van der Waals surface area (Å²) in [4.78, 5) is 18.2. The Morgan fingerprint density at radius 1 is 0.500 bits per heavy atom. The zero-order chi connectivity index (χ0) is 28.7. The van der Waals surface area contributed by atoms with Gasteiger partial charge in [0, 0.05) is 24.8 Å². The van der Waals surface area contributed by atoms with Gasteiger partial charge >= 0.3 is 0 Å². The minimum atomic E-state index is -0.112. The molecule has 210 valence electrons. The zero-order valence-electron chi connectivity index (χ0n) is 23.4. The Hall–Kier alpha value is -4.78. The highest BCUT2D eigenvalue weighted by atomic mass is 16.5. The number of hydrogen-bond acceptors (Lipinski definition) is 6. The topological polar surface area (TPSA) is 69.0 Å². The highest BCUT2D eigenvalue weighted by Gasteiger charge is 2.11. The molecule has 0 bridgehead atoms. The van der Waals surface area contributed by atoms with Crippen molar-refractivity contribution < 1.29 is 9.47 Å². The molecule has 0 fully saturated rings. The molecule has 2 aromatic heterocycles. The first kappa shape index (κ1) is 28.7. The summed E-state index contributed by atoms with van der Waals surface area (Å²) in [7, 11) is 0. The third-order valence-corrected chi connectivity index (χ3v) is 6.63. The molecule has 0 unspecified atom stereocenters. The predicted octanol–water partition coefficient (Wildman–Crippen LogP) is 7.23. The van der Waals surface area contributed by atoms with Crippen LogP contribution in [0, 0.1) is 0 Å². The summed E-state index contributed by atoms with van der Waals surface area (Å²) in [6.45, 7) is 1.94. The van der Waals surface area contributed by atoms with Gasteiger partial charge in [0.2, 0.25) is 0 Å². The summed E-state index contributed by atoms with van der Waals surface area (Å²) in [6, 6.07) is 40.1. The van der Waals surface area contributed by atoms with Crippen LogP contribution in [0.2, 0.25) is 0 Å². The first-order valence-electron chi connectivity index (χ1n) is 14.0. The second-order valence-corrected chi connectivity index (χ2v) is 9.77. The van der Waals surface area contributed by atoms with Crippen LogP contribution in [0.25, 0.3) is 0 Å². The van der Waals surface area contributed by atoms with Crippen molar-refractivity contribution >= 4 is 12.4 Å². The van der Waals surface area contributed by atoms with Crippen molar-refractivity contribution in [3.8, 4) is 0 Å². The standard InChI is InChI=1S/C36H34N4O2/c1-3-11-31(12-4-1)35(39-23-33-15-7-9-21-37-33)27-41-25-29-17-19-30(20-18-29)26-42-28-36(32-13-5-2-6-14-32)40-24-34-16-8-10-22-38-34/h1-24,35-36H,25-28H2/t35-,36-/m0/s1. The third-order valence-electron chi connectivity index (χ3n) is 6.63. The average molecular weight is 555 g/mol. The lowest BCUT2D eigenvalue weighted by molar-refractivity contribution is 0.107. The Balaban J connectivity index is 1.13. The molecule has 6 heteroatoms. The van der Waals surface area contributed by atoms with E-state index in [4.69, 9.17) is 19.5 Å². The van der Waals surface area contributed by atoms with E-state index in [9.17, 15) is 0 Å². The molecule has 5 aromatic rings. The molecule has 0 saturated heterocycles. The van der Waals surface area contributed by atoms with E-state index in [0.29, 0.717) is 26.4 Å². The second-order valence-electron chi connectivity index (χ2n) is 9.77. The van der Waals surface area contributed by atoms with E-state index in [1.165, 1.54) is 0 Å². The average Bonchev–Trinajstić information content (AvgIpc) is 3.06. The van der Waals surface area contributed by atoms with E-state index in [1.807, 2.05) is 85.2 Å². The molecule has 0 aliphatic carbocycles. The fourth-order valence-electron chi connectivity index (χ4n) is 4.35. The normalized spacial score (nSPS) is 13.0. The quantitative estimate of drug-likeness (QED) is 0.136. The molecule has 0 spiro atoms. The number of benzene rings is 3. The van der Waals surface area contributed by atoms with Crippen molar-refractivity contribution in [2.45, 2.75) is 25.3 Å². The number of ether oxygens (including phenoxy) is 2. The van der Waals surface area contributed by atoms with E-state index in [-0.39, 0.29) is 12.1 Å². The monoisotopic (exact) mass is 554 g/mol. The van der Waals surface area contributed by atoms with Crippen molar-refractivity contribution in [2.24, 2.45) is 9.98 Å². The molecule has 0 radical (unpaired) electrons. The van der Waals surface area contributed by atoms with Crippen molar-refractivity contribution in [1.29, 1.82) is 0 Å². The van der Waals surface area contributed by atoms with Gasteiger partial charge < -0.3 is 9.47 Å². The highest BCUT2D eigenvalue weighted by molar-refractivity contribution is 5.77. The largest absolute Gasteiger partial charge is 0.374 e. The lowest BCUT2D eigenvalue weighted by Crippen LogP contribution is -2.08. The fourth-order valence-corrected chi connectivity index (χ4v) is 4.35. The van der Waals surface area contributed by atoms with Gasteiger partial charge in [-0.15, -0.1) is 0 Å². The molecule has 2 atom stereocenters. The Kier molecular flexibility index (Phi) is 10.9. The van der Waals surface area contributed by atoms with Gasteiger partial charge in [-0.05, 0) is 46.5 Å². The van der Waals surface area contributed by atoms with Crippen molar-refractivity contribution in [3.63, 3.8) is 0 Å². The van der Waals surface area contributed by atoms with Crippen LogP contribution in [0.4, 0.5) is 0 Å². The van der Waals surface area contributed by atoms with Crippen LogP contribution in [0.5, 0.6) is 0 Å². The van der Waals surface area contributed by atoms with Gasteiger partial charge in [-0.2, -0.15) is 0 Å². The van der Waals surface area contributed by atoms with Gasteiger partial charge in [-0.1, -0.05) is 97.1 Å². The smallest absolute Gasteiger partial charge is 0.0983 e. The lowest BCUT2D eigenvalue weighted by Gasteiger charge is -2.14. The van der Waals surface area contributed by atoms with E-state index >= 15 is 0 Å². The first-order chi connectivity index (χ1) is 20.8. The molecule has 0 saturated carbocycles. The van der Waals surface area contributed by atoms with Crippen LogP contribution in [0.1, 0.15) is 45.7 Å². The maximum Gasteiger partial charge on any atom is 0.0983 e. The SMILES string of the molecule is C(=N[C@@H](COCc1ccc(COC[C@H](N=Cc2ccccn2)c2ccccc2)cc1)c1ccccc1)c1ccccn1. The summed E-state index contributed by atoms with van der Waals surface area (Å²) in [6.07, 6.45) is 7.15. The zero-order valence-corrected chi connectivity index (χ0v) is 23.4. The van der Waals surface area contributed by atoms with Crippen LogP contribution in [0.3, 0.4) is 0 Å². The van der Waals surface area contributed by atoms with Crippen LogP contribution >= 0.6 is 0 Å². The minimum Gasteiger partial charge on any atom is -0.374 e. The van der Waals surface area contributed by atoms with E-state index in [2.05, 4.69) is 58.5 Å². The Labute approximate surface area is 247 Å². The Morgan fingerprint density at radius 2 is 0.905 bits per heavy atom.